The molecule has 0 aliphatic rings. The van der Waals surface area contributed by atoms with Gasteiger partial charge in [-0.2, -0.15) is 5.10 Å². The second-order valence-corrected chi connectivity index (χ2v) is 8.46. The van der Waals surface area contributed by atoms with E-state index < -0.39 is 17.9 Å². The first-order valence-corrected chi connectivity index (χ1v) is 11.2. The highest BCUT2D eigenvalue weighted by molar-refractivity contribution is 6.35. The number of fused-ring (bicyclic) bond motifs is 1. The Labute approximate surface area is 206 Å². The van der Waals surface area contributed by atoms with Crippen molar-refractivity contribution >= 4 is 29.2 Å². The molecule has 3 N–H and O–H groups in total. The molecule has 0 spiro atoms. The van der Waals surface area contributed by atoms with Crippen molar-refractivity contribution in [2.75, 3.05) is 5.73 Å². The number of rotatable bonds is 8. The summed E-state index contributed by atoms with van der Waals surface area (Å²) < 4.78 is 20.7. The number of carboxylic acids is 1. The summed E-state index contributed by atoms with van der Waals surface area (Å²) in [4.78, 5) is 35.3. The van der Waals surface area contributed by atoms with Crippen molar-refractivity contribution in [2.45, 2.75) is 33.3 Å². The van der Waals surface area contributed by atoms with Crippen LogP contribution in [-0.4, -0.2) is 38.9 Å². The summed E-state index contributed by atoms with van der Waals surface area (Å²) in [5, 5.41) is 13.9. The molecule has 1 unspecified atom stereocenters. The van der Waals surface area contributed by atoms with Crippen LogP contribution in [0.25, 0.3) is 16.6 Å². The quantitative estimate of drug-likeness (QED) is 0.216. The van der Waals surface area contributed by atoms with Crippen molar-refractivity contribution in [2.24, 2.45) is 0 Å². The van der Waals surface area contributed by atoms with Crippen LogP contribution in [0.5, 0.6) is 5.75 Å². The molecule has 9 heteroatoms. The number of halogens is 1. The van der Waals surface area contributed by atoms with Crippen LogP contribution >= 0.6 is 0 Å². The van der Waals surface area contributed by atoms with Crippen molar-refractivity contribution in [3.63, 3.8) is 0 Å². The third kappa shape index (κ3) is 4.31. The zero-order valence-electron chi connectivity index (χ0n) is 19.9. The van der Waals surface area contributed by atoms with E-state index in [1.54, 1.807) is 19.1 Å². The number of anilines is 1. The number of ketones is 1. The second-order valence-electron chi connectivity index (χ2n) is 8.46. The summed E-state index contributed by atoms with van der Waals surface area (Å²) in [5.74, 6) is -2.58. The standard InChI is InChI=1S/C27H24FN3O5/c1-14-21(12-18-6-4-5-7-20(18)17-8-10-19(28)11-9-17)31-25(24(14)29)26(36-16(3)27(34)35)23(15(2)30-31)22(33)13-32/h4-11,13,16H,12,29H2,1-3H3,(H,34,35). The van der Waals surface area contributed by atoms with Crippen LogP contribution in [0.1, 0.15) is 39.8 Å². The Bertz CT molecular complexity index is 1510. The van der Waals surface area contributed by atoms with Gasteiger partial charge in [0.1, 0.15) is 11.3 Å². The number of carboxylic acid groups (broad SMARTS) is 1. The molecule has 2 aromatic carbocycles. The van der Waals surface area contributed by atoms with Crippen molar-refractivity contribution in [3.8, 4) is 16.9 Å². The smallest absolute Gasteiger partial charge is 0.344 e. The average Bonchev–Trinajstić information content (AvgIpc) is 3.08. The summed E-state index contributed by atoms with van der Waals surface area (Å²) in [7, 11) is 0. The Morgan fingerprint density at radius 2 is 1.83 bits per heavy atom. The number of carbonyl (C=O) groups is 3. The van der Waals surface area contributed by atoms with E-state index in [1.165, 1.54) is 30.5 Å². The zero-order valence-corrected chi connectivity index (χ0v) is 19.9. The van der Waals surface area contributed by atoms with E-state index in [-0.39, 0.29) is 40.3 Å². The Balaban J connectivity index is 1.94. The Kier molecular flexibility index (Phi) is 6.57. The third-order valence-electron chi connectivity index (χ3n) is 6.14. The number of hydrogen-bond acceptors (Lipinski definition) is 6. The normalized spacial score (nSPS) is 11.9. The molecule has 36 heavy (non-hydrogen) atoms. The van der Waals surface area contributed by atoms with Gasteiger partial charge in [-0.05, 0) is 55.2 Å². The van der Waals surface area contributed by atoms with E-state index in [1.807, 2.05) is 24.3 Å². The number of aromatic nitrogens is 2. The number of benzene rings is 2. The molecular weight excluding hydrogens is 465 g/mol. The zero-order chi connectivity index (χ0) is 26.1. The van der Waals surface area contributed by atoms with Crippen LogP contribution in [0.3, 0.4) is 0 Å². The Morgan fingerprint density at radius 3 is 2.47 bits per heavy atom. The van der Waals surface area contributed by atoms with Gasteiger partial charge in [-0.15, -0.1) is 0 Å². The van der Waals surface area contributed by atoms with Gasteiger partial charge in [0.2, 0.25) is 5.78 Å². The van der Waals surface area contributed by atoms with Gasteiger partial charge in [0.05, 0.1) is 22.6 Å². The summed E-state index contributed by atoms with van der Waals surface area (Å²) in [6, 6.07) is 13.8. The molecule has 0 fully saturated rings. The number of aryl methyl sites for hydroxylation is 1. The highest BCUT2D eigenvalue weighted by Crippen LogP contribution is 2.38. The molecule has 184 valence electrons. The number of nitrogens with zero attached hydrogens (tertiary/aromatic N) is 2. The predicted octanol–water partition coefficient (Wildman–Crippen LogP) is 4.16. The number of aldehydes is 1. The minimum Gasteiger partial charge on any atom is -0.479 e. The van der Waals surface area contributed by atoms with Crippen molar-refractivity contribution in [1.82, 2.24) is 9.61 Å². The first-order valence-electron chi connectivity index (χ1n) is 11.2. The maximum absolute atomic E-state index is 13.5. The highest BCUT2D eigenvalue weighted by atomic mass is 19.1. The third-order valence-corrected chi connectivity index (χ3v) is 6.14. The number of Topliss-reactive ketones (excluding diaryl/α,β-unsaturated/α-hetero) is 1. The largest absolute Gasteiger partial charge is 0.479 e. The number of hydrogen-bond donors (Lipinski definition) is 2. The fraction of sp³-hybridized carbons (Fsp3) is 0.185. The maximum Gasteiger partial charge on any atom is 0.344 e. The predicted molar refractivity (Wildman–Crippen MR) is 132 cm³/mol. The second kappa shape index (κ2) is 9.61. The van der Waals surface area contributed by atoms with E-state index in [9.17, 15) is 23.9 Å². The molecular formula is C27H24FN3O5. The number of nitrogens with two attached hydrogens (primary N) is 1. The topological polar surface area (TPSA) is 124 Å². The van der Waals surface area contributed by atoms with Gasteiger partial charge >= 0.3 is 5.97 Å². The molecule has 4 aromatic rings. The first kappa shape index (κ1) is 24.6. The molecule has 0 saturated carbocycles. The Morgan fingerprint density at radius 1 is 1.17 bits per heavy atom. The molecule has 0 radical (unpaired) electrons. The van der Waals surface area contributed by atoms with E-state index in [4.69, 9.17) is 10.5 Å². The molecule has 8 nitrogen and oxygen atoms in total. The van der Waals surface area contributed by atoms with E-state index in [0.29, 0.717) is 17.7 Å². The number of ether oxygens (including phenoxy) is 1. The summed E-state index contributed by atoms with van der Waals surface area (Å²) >= 11 is 0. The van der Waals surface area contributed by atoms with Crippen molar-refractivity contribution in [3.05, 3.63) is 82.4 Å². The molecule has 0 bridgehead atoms. The number of aliphatic carboxylic acids is 1. The van der Waals surface area contributed by atoms with Gasteiger partial charge in [-0.25, -0.2) is 13.7 Å². The SMILES string of the molecule is Cc1nn2c(Cc3ccccc3-c3ccc(F)cc3)c(C)c(N)c2c(OC(C)C(=O)O)c1C(=O)C=O. The van der Waals surface area contributed by atoms with Gasteiger partial charge < -0.3 is 15.6 Å². The summed E-state index contributed by atoms with van der Waals surface area (Å²) in [6.07, 6.45) is -0.810. The number of nitrogen functional groups attached to an aromatic ring is 1. The van der Waals surface area contributed by atoms with Gasteiger partial charge in [0.25, 0.3) is 0 Å². The monoisotopic (exact) mass is 489 g/mol. The fourth-order valence-electron chi connectivity index (χ4n) is 4.22. The van der Waals surface area contributed by atoms with Gasteiger partial charge in [0, 0.05) is 6.42 Å². The Hall–Kier alpha value is -4.53. The van der Waals surface area contributed by atoms with Crippen LogP contribution in [0.4, 0.5) is 10.1 Å². The molecule has 2 heterocycles. The van der Waals surface area contributed by atoms with Crippen LogP contribution in [0.15, 0.2) is 48.5 Å². The van der Waals surface area contributed by atoms with Gasteiger partial charge in [0.15, 0.2) is 18.1 Å². The van der Waals surface area contributed by atoms with Gasteiger partial charge in [-0.1, -0.05) is 36.4 Å². The molecule has 4 rings (SSSR count). The van der Waals surface area contributed by atoms with Crippen LogP contribution in [-0.2, 0) is 16.0 Å². The van der Waals surface area contributed by atoms with Gasteiger partial charge in [-0.3, -0.25) is 9.59 Å². The summed E-state index contributed by atoms with van der Waals surface area (Å²) in [5.41, 5.74) is 11.0. The minimum absolute atomic E-state index is 0.104. The minimum atomic E-state index is -1.31. The average molecular weight is 490 g/mol. The maximum atomic E-state index is 13.5. The molecule has 0 aliphatic carbocycles. The van der Waals surface area contributed by atoms with Crippen LogP contribution in [0.2, 0.25) is 0 Å². The first-order chi connectivity index (χ1) is 17.1. The lowest BCUT2D eigenvalue weighted by molar-refractivity contribution is -0.144. The van der Waals surface area contributed by atoms with Crippen molar-refractivity contribution in [1.29, 1.82) is 0 Å². The number of carbonyl (C=O) groups excluding carboxylic acids is 2. The fourth-order valence-corrected chi connectivity index (χ4v) is 4.22. The molecule has 2 aromatic heterocycles. The van der Waals surface area contributed by atoms with Crippen molar-refractivity contribution < 1.29 is 28.6 Å². The van der Waals surface area contributed by atoms with E-state index >= 15 is 0 Å². The van der Waals surface area contributed by atoms with Crippen LogP contribution in [0, 0.1) is 19.7 Å². The lowest BCUT2D eigenvalue weighted by Crippen LogP contribution is -2.25. The van der Waals surface area contributed by atoms with E-state index in [0.717, 1.165) is 16.7 Å². The van der Waals surface area contributed by atoms with Crippen LogP contribution < -0.4 is 10.5 Å². The molecule has 0 saturated heterocycles. The molecule has 0 amide bonds. The molecule has 1 atom stereocenters. The lowest BCUT2D eigenvalue weighted by atomic mass is 9.96. The summed E-state index contributed by atoms with van der Waals surface area (Å²) in [6.45, 7) is 4.65. The van der Waals surface area contributed by atoms with E-state index in [2.05, 4.69) is 5.10 Å². The highest BCUT2D eigenvalue weighted by Gasteiger charge is 2.28. The lowest BCUT2D eigenvalue weighted by Gasteiger charge is -2.17. The molecule has 0 aliphatic heterocycles.